The fourth-order valence-electron chi connectivity index (χ4n) is 2.72. The summed E-state index contributed by atoms with van der Waals surface area (Å²) >= 11 is 1.95. The molecule has 1 N–H and O–H groups in total. The lowest BCUT2D eigenvalue weighted by atomic mass is 9.95. The highest BCUT2D eigenvalue weighted by molar-refractivity contribution is 7.99. The first-order valence-corrected chi connectivity index (χ1v) is 7.90. The van der Waals surface area contributed by atoms with Crippen LogP contribution in [0, 0.1) is 11.8 Å². The number of carboxylic acid groups (broad SMARTS) is 1. The largest absolute Gasteiger partial charge is 0.481 e. The number of hydrogen-bond acceptors (Lipinski definition) is 3. The van der Waals surface area contributed by atoms with Crippen LogP contribution in [0.4, 0.5) is 0 Å². The average molecular weight is 271 g/mol. The Balaban J connectivity index is 1.75. The van der Waals surface area contributed by atoms with Crippen LogP contribution in [0.15, 0.2) is 0 Å². The molecule has 0 aromatic rings. The van der Waals surface area contributed by atoms with Crippen molar-refractivity contribution in [2.24, 2.45) is 11.8 Å². The van der Waals surface area contributed by atoms with Gasteiger partial charge in [-0.1, -0.05) is 0 Å². The average Bonchev–Trinajstić information content (AvgIpc) is 2.40. The molecule has 2 fully saturated rings. The summed E-state index contributed by atoms with van der Waals surface area (Å²) in [7, 11) is 0. The van der Waals surface area contributed by atoms with E-state index in [1.54, 1.807) is 0 Å². The number of piperidine rings is 1. The summed E-state index contributed by atoms with van der Waals surface area (Å²) in [4.78, 5) is 24.8. The fourth-order valence-corrected chi connectivity index (χ4v) is 3.88. The van der Waals surface area contributed by atoms with E-state index in [4.69, 9.17) is 5.11 Å². The van der Waals surface area contributed by atoms with Gasteiger partial charge in [-0.25, -0.2) is 0 Å². The van der Waals surface area contributed by atoms with Crippen molar-refractivity contribution in [1.29, 1.82) is 0 Å². The monoisotopic (exact) mass is 271 g/mol. The highest BCUT2D eigenvalue weighted by Gasteiger charge is 2.28. The normalized spacial score (nSPS) is 26.0. The van der Waals surface area contributed by atoms with Crippen molar-refractivity contribution >= 4 is 23.6 Å². The molecule has 2 saturated heterocycles. The van der Waals surface area contributed by atoms with Crippen LogP contribution in [0.3, 0.4) is 0 Å². The van der Waals surface area contributed by atoms with Crippen molar-refractivity contribution < 1.29 is 14.7 Å². The van der Waals surface area contributed by atoms with Gasteiger partial charge in [-0.05, 0) is 43.1 Å². The number of amides is 1. The molecule has 0 aromatic carbocycles. The predicted molar refractivity (Wildman–Crippen MR) is 71.6 cm³/mol. The Morgan fingerprint density at radius 2 is 1.94 bits per heavy atom. The highest BCUT2D eigenvalue weighted by atomic mass is 32.2. The Kier molecular flexibility index (Phi) is 4.92. The minimum Gasteiger partial charge on any atom is -0.481 e. The SMILES string of the molecule is O=C(O)C1CCN(C(=O)CC2CCCSC2)CC1. The first-order valence-electron chi connectivity index (χ1n) is 6.75. The van der Waals surface area contributed by atoms with Gasteiger partial charge < -0.3 is 10.0 Å². The number of nitrogens with zero attached hydrogens (tertiary/aromatic N) is 1. The predicted octanol–water partition coefficient (Wildman–Crippen LogP) is 1.84. The van der Waals surface area contributed by atoms with E-state index in [0.717, 1.165) is 5.75 Å². The van der Waals surface area contributed by atoms with Gasteiger partial charge in [-0.2, -0.15) is 11.8 Å². The van der Waals surface area contributed by atoms with Crippen LogP contribution in [-0.4, -0.2) is 46.5 Å². The minimum atomic E-state index is -0.717. The highest BCUT2D eigenvalue weighted by Crippen LogP contribution is 2.26. The van der Waals surface area contributed by atoms with Gasteiger partial charge in [0.1, 0.15) is 0 Å². The van der Waals surface area contributed by atoms with Gasteiger partial charge in [-0.15, -0.1) is 0 Å². The first-order chi connectivity index (χ1) is 8.66. The summed E-state index contributed by atoms with van der Waals surface area (Å²) in [6, 6.07) is 0. The maximum atomic E-state index is 12.1. The van der Waals surface area contributed by atoms with Gasteiger partial charge in [0.2, 0.25) is 5.91 Å². The number of carboxylic acids is 1. The number of hydrogen-bond donors (Lipinski definition) is 1. The quantitative estimate of drug-likeness (QED) is 0.851. The van der Waals surface area contributed by atoms with E-state index < -0.39 is 5.97 Å². The number of likely N-dealkylation sites (tertiary alicyclic amines) is 1. The van der Waals surface area contributed by atoms with Gasteiger partial charge in [0.25, 0.3) is 0 Å². The second kappa shape index (κ2) is 6.45. The Labute approximate surface area is 112 Å². The van der Waals surface area contributed by atoms with Crippen molar-refractivity contribution in [1.82, 2.24) is 4.90 Å². The molecule has 0 saturated carbocycles. The zero-order valence-corrected chi connectivity index (χ0v) is 11.5. The molecule has 0 aromatic heterocycles. The lowest BCUT2D eigenvalue weighted by Crippen LogP contribution is -2.41. The van der Waals surface area contributed by atoms with E-state index in [2.05, 4.69) is 0 Å². The third-order valence-electron chi connectivity index (χ3n) is 3.91. The number of aliphatic carboxylic acids is 1. The summed E-state index contributed by atoms with van der Waals surface area (Å²) in [6.45, 7) is 1.24. The van der Waals surface area contributed by atoms with Crippen molar-refractivity contribution in [2.45, 2.75) is 32.1 Å². The number of rotatable bonds is 3. The van der Waals surface area contributed by atoms with E-state index in [1.807, 2.05) is 16.7 Å². The van der Waals surface area contributed by atoms with Crippen LogP contribution in [0.2, 0.25) is 0 Å². The summed E-state index contributed by atoms with van der Waals surface area (Å²) in [6.07, 6.45) is 4.28. The molecule has 0 spiro atoms. The Morgan fingerprint density at radius 3 is 2.50 bits per heavy atom. The molecule has 2 aliphatic rings. The van der Waals surface area contributed by atoms with Crippen molar-refractivity contribution in [3.8, 4) is 0 Å². The Bertz CT molecular complexity index is 307. The molecule has 1 unspecified atom stereocenters. The summed E-state index contributed by atoms with van der Waals surface area (Å²) < 4.78 is 0. The third-order valence-corrected chi connectivity index (χ3v) is 5.20. The molecule has 4 nitrogen and oxygen atoms in total. The molecule has 1 atom stereocenters. The van der Waals surface area contributed by atoms with Gasteiger partial charge >= 0.3 is 5.97 Å². The zero-order chi connectivity index (χ0) is 13.0. The topological polar surface area (TPSA) is 57.6 Å². The summed E-state index contributed by atoms with van der Waals surface area (Å²) in [5.74, 6) is 2.14. The number of carbonyl (C=O) groups is 2. The maximum absolute atomic E-state index is 12.1. The van der Waals surface area contributed by atoms with Crippen LogP contribution in [0.1, 0.15) is 32.1 Å². The second-order valence-corrected chi connectivity index (χ2v) is 6.43. The van der Waals surface area contributed by atoms with Gasteiger partial charge in [-0.3, -0.25) is 9.59 Å². The maximum Gasteiger partial charge on any atom is 0.306 e. The van der Waals surface area contributed by atoms with Gasteiger partial charge in [0.05, 0.1) is 5.92 Å². The molecule has 0 radical (unpaired) electrons. The van der Waals surface area contributed by atoms with E-state index >= 15 is 0 Å². The van der Waals surface area contributed by atoms with E-state index in [-0.39, 0.29) is 11.8 Å². The van der Waals surface area contributed by atoms with Crippen molar-refractivity contribution in [3.63, 3.8) is 0 Å². The molecular weight excluding hydrogens is 250 g/mol. The number of thioether (sulfide) groups is 1. The smallest absolute Gasteiger partial charge is 0.306 e. The molecule has 102 valence electrons. The first kappa shape index (κ1) is 13.7. The van der Waals surface area contributed by atoms with Crippen molar-refractivity contribution in [2.75, 3.05) is 24.6 Å². The fraction of sp³-hybridized carbons (Fsp3) is 0.846. The molecular formula is C13H21NO3S. The summed E-state index contributed by atoms with van der Waals surface area (Å²) in [5.41, 5.74) is 0. The van der Waals surface area contributed by atoms with E-state index in [0.29, 0.717) is 38.3 Å². The van der Waals surface area contributed by atoms with E-state index in [1.165, 1.54) is 18.6 Å². The molecule has 1 amide bonds. The molecule has 2 rings (SSSR count). The molecule has 0 aliphatic carbocycles. The van der Waals surface area contributed by atoms with Gasteiger partial charge in [0.15, 0.2) is 0 Å². The lowest BCUT2D eigenvalue weighted by Gasteiger charge is -2.31. The Morgan fingerprint density at radius 1 is 1.22 bits per heavy atom. The molecule has 2 heterocycles. The van der Waals surface area contributed by atoms with Crippen molar-refractivity contribution in [3.05, 3.63) is 0 Å². The summed E-state index contributed by atoms with van der Waals surface area (Å²) in [5, 5.41) is 8.92. The second-order valence-electron chi connectivity index (χ2n) is 5.28. The molecule has 0 bridgehead atoms. The van der Waals surface area contributed by atoms with Gasteiger partial charge in [0, 0.05) is 19.5 Å². The zero-order valence-electron chi connectivity index (χ0n) is 10.6. The van der Waals surface area contributed by atoms with Crippen LogP contribution in [0.25, 0.3) is 0 Å². The lowest BCUT2D eigenvalue weighted by molar-refractivity contribution is -0.145. The Hall–Kier alpha value is -0.710. The van der Waals surface area contributed by atoms with Crippen LogP contribution in [0.5, 0.6) is 0 Å². The van der Waals surface area contributed by atoms with Crippen LogP contribution < -0.4 is 0 Å². The third kappa shape index (κ3) is 3.64. The van der Waals surface area contributed by atoms with E-state index in [9.17, 15) is 9.59 Å². The minimum absolute atomic E-state index is 0.228. The standard InChI is InChI=1S/C13H21NO3S/c15-12(8-10-2-1-7-18-9-10)14-5-3-11(4-6-14)13(16)17/h10-11H,1-9H2,(H,16,17). The molecule has 18 heavy (non-hydrogen) atoms. The van der Waals surface area contributed by atoms with Crippen LogP contribution >= 0.6 is 11.8 Å². The molecule has 5 heteroatoms. The molecule has 2 aliphatic heterocycles. The van der Waals surface area contributed by atoms with Crippen LogP contribution in [-0.2, 0) is 9.59 Å². The number of carbonyl (C=O) groups excluding carboxylic acids is 1.